The Labute approximate surface area is 185 Å². The van der Waals surface area contributed by atoms with E-state index in [1.165, 1.54) is 0 Å². The van der Waals surface area contributed by atoms with E-state index in [2.05, 4.69) is 35.1 Å². The lowest BCUT2D eigenvalue weighted by molar-refractivity contribution is 1.25. The monoisotopic (exact) mass is 420 g/mol. The quantitative estimate of drug-likeness (QED) is 0.389. The number of fused-ring (bicyclic) bond motifs is 2. The lowest BCUT2D eigenvalue weighted by Gasteiger charge is -2.20. The molecule has 5 heteroatoms. The zero-order valence-electron chi connectivity index (χ0n) is 16.8. The molecule has 0 fully saturated rings. The normalized spacial score (nSPS) is 12.4. The molecule has 2 aromatic heterocycles. The summed E-state index contributed by atoms with van der Waals surface area (Å²) in [5, 5.41) is 14.3. The van der Waals surface area contributed by atoms with Crippen molar-refractivity contribution in [3.63, 3.8) is 0 Å². The van der Waals surface area contributed by atoms with Crippen molar-refractivity contribution in [2.45, 2.75) is 6.92 Å². The van der Waals surface area contributed by atoms with E-state index < -0.39 is 0 Å². The molecular formula is C26H17ClN4. The van der Waals surface area contributed by atoms with Gasteiger partial charge in [0.15, 0.2) is 0 Å². The van der Waals surface area contributed by atoms with Crippen molar-refractivity contribution >= 4 is 34.4 Å². The Bertz CT molecular complexity index is 1460. The van der Waals surface area contributed by atoms with Gasteiger partial charge in [-0.3, -0.25) is 4.98 Å². The summed E-state index contributed by atoms with van der Waals surface area (Å²) in [7, 11) is 0. The van der Waals surface area contributed by atoms with Gasteiger partial charge in [-0.2, -0.15) is 5.26 Å². The lowest BCUT2D eigenvalue weighted by atomic mass is 9.92. The van der Waals surface area contributed by atoms with Crippen molar-refractivity contribution in [3.8, 4) is 28.5 Å². The number of nitrogens with one attached hydrogen (secondary N) is 1. The van der Waals surface area contributed by atoms with Gasteiger partial charge in [0, 0.05) is 34.0 Å². The Kier molecular flexibility index (Phi) is 4.54. The van der Waals surface area contributed by atoms with E-state index in [4.69, 9.17) is 16.6 Å². The predicted octanol–water partition coefficient (Wildman–Crippen LogP) is 6.75. The largest absolute Gasteiger partial charge is 0.340 e. The number of hydrogen-bond donors (Lipinski definition) is 1. The fourth-order valence-corrected chi connectivity index (χ4v) is 4.16. The third kappa shape index (κ3) is 3.26. The number of rotatable bonds is 2. The highest BCUT2D eigenvalue weighted by Gasteiger charge is 2.19. The first-order valence-corrected chi connectivity index (χ1v) is 10.2. The fourth-order valence-electron chi connectivity index (χ4n) is 3.88. The standard InChI is InChI=1S/C26H17ClN4/c1-15-8-9-18-12-22(20-11-17-6-4-10-29-24(17)23(27)13-20)25(31-26(18)30-15)21-7-3-5-19(14-28)16(21)2/h3-13H,1H2,2H3,(H,30,31). The van der Waals surface area contributed by atoms with Gasteiger partial charge in [0.25, 0.3) is 0 Å². The van der Waals surface area contributed by atoms with Crippen LogP contribution in [-0.2, 0) is 0 Å². The van der Waals surface area contributed by atoms with Gasteiger partial charge in [0.2, 0.25) is 0 Å². The molecule has 0 unspecified atom stereocenters. The number of pyridine rings is 2. The maximum atomic E-state index is 9.53. The molecule has 2 aromatic carbocycles. The molecule has 148 valence electrons. The van der Waals surface area contributed by atoms with E-state index in [1.807, 2.05) is 55.5 Å². The second-order valence-corrected chi connectivity index (χ2v) is 7.84. The SMILES string of the molecule is C=C1C=Cc2cc(-c3cc(Cl)c4ncccc4c3)c(-c3cccc(C#N)c3C)nc2N1. The summed E-state index contributed by atoms with van der Waals surface area (Å²) in [5.74, 6) is 0.738. The minimum atomic E-state index is 0.585. The van der Waals surface area contributed by atoms with Crippen molar-refractivity contribution in [2.24, 2.45) is 0 Å². The smallest absolute Gasteiger partial charge is 0.138 e. The summed E-state index contributed by atoms with van der Waals surface area (Å²) in [4.78, 5) is 9.36. The summed E-state index contributed by atoms with van der Waals surface area (Å²) >= 11 is 6.59. The van der Waals surface area contributed by atoms with Crippen molar-refractivity contribution in [3.05, 3.63) is 94.8 Å². The second-order valence-electron chi connectivity index (χ2n) is 7.43. The third-order valence-electron chi connectivity index (χ3n) is 5.47. The van der Waals surface area contributed by atoms with E-state index in [0.717, 1.165) is 55.9 Å². The van der Waals surface area contributed by atoms with Gasteiger partial charge in [-0.05, 0) is 60.5 Å². The van der Waals surface area contributed by atoms with Crippen LogP contribution in [0.5, 0.6) is 0 Å². The molecule has 1 aliphatic rings. The molecule has 0 amide bonds. The number of allylic oxidation sites excluding steroid dienone is 1. The number of anilines is 1. The first kappa shape index (κ1) is 19.0. The molecule has 0 aliphatic carbocycles. The zero-order chi connectivity index (χ0) is 21.5. The number of hydrogen-bond acceptors (Lipinski definition) is 4. The molecule has 5 rings (SSSR count). The maximum Gasteiger partial charge on any atom is 0.138 e. The summed E-state index contributed by atoms with van der Waals surface area (Å²) in [5.41, 5.74) is 7.58. The number of nitriles is 1. The van der Waals surface area contributed by atoms with Crippen molar-refractivity contribution in [1.82, 2.24) is 9.97 Å². The number of halogens is 1. The number of aromatic nitrogens is 2. The summed E-state index contributed by atoms with van der Waals surface area (Å²) in [6, 6.07) is 17.9. The Hall–Kier alpha value is -3.94. The molecule has 4 nitrogen and oxygen atoms in total. The van der Waals surface area contributed by atoms with Gasteiger partial charge in [-0.1, -0.05) is 36.4 Å². The van der Waals surface area contributed by atoms with Crippen molar-refractivity contribution in [1.29, 1.82) is 5.26 Å². The van der Waals surface area contributed by atoms with Crippen LogP contribution < -0.4 is 5.32 Å². The average molecular weight is 421 g/mol. The van der Waals surface area contributed by atoms with Crippen molar-refractivity contribution < 1.29 is 0 Å². The van der Waals surface area contributed by atoms with E-state index in [1.54, 1.807) is 6.20 Å². The first-order chi connectivity index (χ1) is 15.0. The fraction of sp³-hybridized carbons (Fsp3) is 0.0385. The minimum absolute atomic E-state index is 0.585. The predicted molar refractivity (Wildman–Crippen MR) is 127 cm³/mol. The van der Waals surface area contributed by atoms with Crippen LogP contribution in [0.3, 0.4) is 0 Å². The van der Waals surface area contributed by atoms with Gasteiger partial charge in [0.1, 0.15) is 5.82 Å². The highest BCUT2D eigenvalue weighted by Crippen LogP contribution is 2.39. The van der Waals surface area contributed by atoms with Crippen LogP contribution in [0, 0.1) is 18.3 Å². The minimum Gasteiger partial charge on any atom is -0.340 e. The van der Waals surface area contributed by atoms with Gasteiger partial charge in [-0.15, -0.1) is 0 Å². The highest BCUT2D eigenvalue weighted by molar-refractivity contribution is 6.35. The highest BCUT2D eigenvalue weighted by atomic mass is 35.5. The van der Waals surface area contributed by atoms with Gasteiger partial charge in [0.05, 0.1) is 27.9 Å². The first-order valence-electron chi connectivity index (χ1n) is 9.79. The van der Waals surface area contributed by atoms with Crippen molar-refractivity contribution in [2.75, 3.05) is 5.32 Å². The Morgan fingerprint density at radius 2 is 1.94 bits per heavy atom. The molecular weight excluding hydrogens is 404 g/mol. The average Bonchev–Trinajstić information content (AvgIpc) is 2.78. The van der Waals surface area contributed by atoms with Crippen LogP contribution in [0.25, 0.3) is 39.4 Å². The van der Waals surface area contributed by atoms with Crippen LogP contribution in [0.15, 0.2) is 73.1 Å². The Morgan fingerprint density at radius 3 is 2.77 bits per heavy atom. The molecule has 0 radical (unpaired) electrons. The topological polar surface area (TPSA) is 61.6 Å². The molecule has 1 N–H and O–H groups in total. The van der Waals surface area contributed by atoms with Gasteiger partial charge >= 0.3 is 0 Å². The maximum absolute atomic E-state index is 9.53. The number of benzene rings is 2. The summed E-state index contributed by atoms with van der Waals surface area (Å²) in [6.07, 6.45) is 5.66. The lowest BCUT2D eigenvalue weighted by Crippen LogP contribution is -2.06. The molecule has 0 atom stereocenters. The van der Waals surface area contributed by atoms with E-state index in [-0.39, 0.29) is 0 Å². The van der Waals surface area contributed by atoms with Gasteiger partial charge in [-0.25, -0.2) is 4.98 Å². The van der Waals surface area contributed by atoms with Gasteiger partial charge < -0.3 is 5.32 Å². The van der Waals surface area contributed by atoms with Crippen LogP contribution in [0.2, 0.25) is 5.02 Å². The Morgan fingerprint density at radius 1 is 1.06 bits per heavy atom. The van der Waals surface area contributed by atoms with E-state index in [0.29, 0.717) is 10.6 Å². The second kappa shape index (κ2) is 7.39. The molecule has 0 saturated heterocycles. The molecule has 31 heavy (non-hydrogen) atoms. The summed E-state index contributed by atoms with van der Waals surface area (Å²) in [6.45, 7) is 5.93. The number of nitrogens with zero attached hydrogens (tertiary/aromatic N) is 3. The molecule has 4 aromatic rings. The Balaban J connectivity index is 1.83. The van der Waals surface area contributed by atoms with E-state index >= 15 is 0 Å². The van der Waals surface area contributed by atoms with Crippen LogP contribution in [0.4, 0.5) is 5.82 Å². The third-order valence-corrected chi connectivity index (χ3v) is 5.76. The molecule has 0 saturated carbocycles. The molecule has 3 heterocycles. The van der Waals surface area contributed by atoms with Crippen LogP contribution in [0.1, 0.15) is 16.7 Å². The van der Waals surface area contributed by atoms with E-state index in [9.17, 15) is 5.26 Å². The molecule has 1 aliphatic heterocycles. The molecule has 0 bridgehead atoms. The molecule has 0 spiro atoms. The van der Waals surface area contributed by atoms with Crippen LogP contribution in [-0.4, -0.2) is 9.97 Å². The summed E-state index contributed by atoms with van der Waals surface area (Å²) < 4.78 is 0. The van der Waals surface area contributed by atoms with Crippen LogP contribution >= 0.6 is 11.6 Å². The zero-order valence-corrected chi connectivity index (χ0v) is 17.5.